The first-order chi connectivity index (χ1) is 20.7. The number of carbonyl (C=O) groups excluding carboxylic acids is 1. The van der Waals surface area contributed by atoms with Gasteiger partial charge in [-0.3, -0.25) is 9.69 Å². The van der Waals surface area contributed by atoms with Gasteiger partial charge in [-0.2, -0.15) is 5.10 Å². The number of para-hydroxylation sites is 1. The zero-order valence-corrected chi connectivity index (χ0v) is 23.6. The summed E-state index contributed by atoms with van der Waals surface area (Å²) in [6, 6.07) is 37.1. The van der Waals surface area contributed by atoms with Crippen LogP contribution in [0, 0.1) is 0 Å². The largest absolute Gasteiger partial charge is 0.496 e. The average Bonchev–Trinajstić information content (AvgIpc) is 3.43. The van der Waals surface area contributed by atoms with Crippen LogP contribution >= 0.6 is 0 Å². The summed E-state index contributed by atoms with van der Waals surface area (Å²) in [6.07, 6.45) is 0.807. The second kappa shape index (κ2) is 11.1. The minimum Gasteiger partial charge on any atom is -0.496 e. The van der Waals surface area contributed by atoms with E-state index in [0.29, 0.717) is 18.8 Å². The molecule has 1 aliphatic rings. The van der Waals surface area contributed by atoms with Crippen molar-refractivity contribution in [2.24, 2.45) is 0 Å². The summed E-state index contributed by atoms with van der Waals surface area (Å²) in [4.78, 5) is 16.2. The van der Waals surface area contributed by atoms with E-state index in [0.717, 1.165) is 63.9 Å². The predicted octanol–water partition coefficient (Wildman–Crippen LogP) is 6.68. The summed E-state index contributed by atoms with van der Waals surface area (Å²) in [5.74, 6) is 0.732. The van der Waals surface area contributed by atoms with Crippen molar-refractivity contribution in [2.45, 2.75) is 26.1 Å². The second-order valence-corrected chi connectivity index (χ2v) is 10.8. The highest BCUT2D eigenvalue weighted by atomic mass is 16.5. The summed E-state index contributed by atoms with van der Waals surface area (Å²) in [6.45, 7) is 2.74. The van der Waals surface area contributed by atoms with E-state index in [1.165, 1.54) is 10.9 Å². The number of fused-ring (bicyclic) bond motifs is 3. The minimum absolute atomic E-state index is 0.148. The van der Waals surface area contributed by atoms with E-state index >= 15 is 0 Å². The van der Waals surface area contributed by atoms with Gasteiger partial charge in [0.2, 0.25) is 0 Å². The van der Waals surface area contributed by atoms with Gasteiger partial charge >= 0.3 is 0 Å². The van der Waals surface area contributed by atoms with E-state index in [1.807, 2.05) is 65.3 Å². The van der Waals surface area contributed by atoms with E-state index in [-0.39, 0.29) is 5.91 Å². The number of nitrogens with one attached hydrogen (secondary N) is 1. The third-order valence-corrected chi connectivity index (χ3v) is 8.26. The molecule has 0 bridgehead atoms. The molecule has 0 saturated heterocycles. The van der Waals surface area contributed by atoms with Gasteiger partial charge in [-0.1, -0.05) is 91.0 Å². The highest BCUT2D eigenvalue weighted by Crippen LogP contribution is 2.31. The quantitative estimate of drug-likeness (QED) is 0.240. The first kappa shape index (κ1) is 26.0. The number of methoxy groups -OCH3 is 1. The molecule has 1 N–H and O–H groups in total. The number of carbonyl (C=O) groups is 1. The highest BCUT2D eigenvalue weighted by molar-refractivity contribution is 5.95. The molecule has 6 nitrogen and oxygen atoms in total. The maximum atomic E-state index is 13.8. The monoisotopic (exact) mass is 552 g/mol. The van der Waals surface area contributed by atoms with Crippen LogP contribution < -0.4 is 10.1 Å². The summed E-state index contributed by atoms with van der Waals surface area (Å²) < 4.78 is 7.58. The molecule has 1 aromatic heterocycles. The van der Waals surface area contributed by atoms with Crippen molar-refractivity contribution in [1.82, 2.24) is 20.0 Å². The molecule has 1 aliphatic heterocycles. The van der Waals surface area contributed by atoms with Gasteiger partial charge in [-0.05, 0) is 45.5 Å². The zero-order valence-electron chi connectivity index (χ0n) is 23.6. The lowest BCUT2D eigenvalue weighted by Gasteiger charge is -2.28. The average molecular weight is 553 g/mol. The maximum Gasteiger partial charge on any atom is 0.272 e. The van der Waals surface area contributed by atoms with Gasteiger partial charge in [-0.15, -0.1) is 0 Å². The molecule has 1 amide bonds. The van der Waals surface area contributed by atoms with Crippen molar-refractivity contribution in [1.29, 1.82) is 0 Å². The van der Waals surface area contributed by atoms with E-state index < -0.39 is 0 Å². The number of ether oxygens (including phenoxy) is 1. The molecule has 0 atom stereocenters. The van der Waals surface area contributed by atoms with Crippen molar-refractivity contribution >= 4 is 27.5 Å². The molecule has 0 aliphatic carbocycles. The molecule has 5 aromatic carbocycles. The number of hydrogen-bond acceptors (Lipinski definition) is 4. The van der Waals surface area contributed by atoms with Crippen LogP contribution in [0.4, 0.5) is 0 Å². The summed E-state index contributed by atoms with van der Waals surface area (Å²) >= 11 is 0. The van der Waals surface area contributed by atoms with Crippen LogP contribution in [0.25, 0.3) is 27.2 Å². The Labute approximate surface area is 245 Å². The standard InChI is InChI=1S/C36H32N4O2/c1-42-34-19-18-27(30-16-7-8-17-31(30)34)23-39-21-20-33-32(24-39)35(38-40(33)28-13-3-2-4-14-28)36(41)37-22-26-12-9-11-25-10-5-6-15-29(25)26/h2-19H,20-24H2,1H3,(H,37,41). The minimum atomic E-state index is -0.148. The summed E-state index contributed by atoms with van der Waals surface area (Å²) in [7, 11) is 1.71. The lowest BCUT2D eigenvalue weighted by Crippen LogP contribution is -2.32. The third-order valence-electron chi connectivity index (χ3n) is 8.26. The zero-order chi connectivity index (χ0) is 28.5. The number of rotatable bonds is 7. The Bertz CT molecular complexity index is 1910. The van der Waals surface area contributed by atoms with E-state index in [2.05, 4.69) is 58.7 Å². The van der Waals surface area contributed by atoms with Crippen LogP contribution in [0.15, 0.2) is 109 Å². The fraction of sp³-hybridized carbons (Fsp3) is 0.167. The van der Waals surface area contributed by atoms with Gasteiger partial charge in [0.25, 0.3) is 5.91 Å². The van der Waals surface area contributed by atoms with Gasteiger partial charge in [0.05, 0.1) is 18.5 Å². The molecular formula is C36H32N4O2. The van der Waals surface area contributed by atoms with Crippen LogP contribution in [-0.4, -0.2) is 34.2 Å². The van der Waals surface area contributed by atoms with Gasteiger partial charge in [0, 0.05) is 43.5 Å². The van der Waals surface area contributed by atoms with Crippen LogP contribution in [0.1, 0.15) is 32.9 Å². The first-order valence-electron chi connectivity index (χ1n) is 14.4. The highest BCUT2D eigenvalue weighted by Gasteiger charge is 2.29. The first-order valence-corrected chi connectivity index (χ1v) is 14.4. The molecule has 0 saturated carbocycles. The number of benzene rings is 5. The van der Waals surface area contributed by atoms with Crippen molar-refractivity contribution in [3.63, 3.8) is 0 Å². The Balaban J connectivity index is 1.20. The molecule has 7 rings (SSSR count). The Kier molecular flexibility index (Phi) is 6.90. The van der Waals surface area contributed by atoms with Gasteiger partial charge < -0.3 is 10.1 Å². The third kappa shape index (κ3) is 4.80. The number of nitrogens with zero attached hydrogens (tertiary/aromatic N) is 3. The molecule has 42 heavy (non-hydrogen) atoms. The molecule has 6 aromatic rings. The Morgan fingerprint density at radius 2 is 1.55 bits per heavy atom. The fourth-order valence-electron chi connectivity index (χ4n) is 6.17. The summed E-state index contributed by atoms with van der Waals surface area (Å²) in [5, 5.41) is 12.7. The van der Waals surface area contributed by atoms with Crippen LogP contribution in [0.3, 0.4) is 0 Å². The van der Waals surface area contributed by atoms with Crippen molar-refractivity contribution < 1.29 is 9.53 Å². The molecule has 2 heterocycles. The molecule has 0 unspecified atom stereocenters. The van der Waals surface area contributed by atoms with Crippen LogP contribution in [0.5, 0.6) is 5.75 Å². The van der Waals surface area contributed by atoms with Gasteiger partial charge in [0.1, 0.15) is 5.75 Å². The van der Waals surface area contributed by atoms with E-state index in [4.69, 9.17) is 9.84 Å². The topological polar surface area (TPSA) is 59.4 Å². The van der Waals surface area contributed by atoms with Gasteiger partial charge in [-0.25, -0.2) is 4.68 Å². The van der Waals surface area contributed by atoms with Crippen molar-refractivity contribution in [2.75, 3.05) is 13.7 Å². The van der Waals surface area contributed by atoms with Gasteiger partial charge in [0.15, 0.2) is 5.69 Å². The second-order valence-electron chi connectivity index (χ2n) is 10.8. The smallest absolute Gasteiger partial charge is 0.272 e. The number of amides is 1. The predicted molar refractivity (Wildman–Crippen MR) is 167 cm³/mol. The number of aromatic nitrogens is 2. The SMILES string of the molecule is COc1ccc(CN2CCc3c(c(C(=O)NCc4cccc5ccccc45)nn3-c3ccccc3)C2)c2ccccc12. The molecule has 0 fully saturated rings. The van der Waals surface area contributed by atoms with E-state index in [1.54, 1.807) is 7.11 Å². The lowest BCUT2D eigenvalue weighted by molar-refractivity contribution is 0.0943. The molecule has 208 valence electrons. The van der Waals surface area contributed by atoms with E-state index in [9.17, 15) is 4.79 Å². The molecule has 6 heteroatoms. The normalized spacial score (nSPS) is 13.3. The lowest BCUT2D eigenvalue weighted by atomic mass is 10.0. The number of hydrogen-bond donors (Lipinski definition) is 1. The molecule has 0 spiro atoms. The molecular weight excluding hydrogens is 520 g/mol. The Hall–Kier alpha value is -4.94. The molecule has 0 radical (unpaired) electrons. The summed E-state index contributed by atoms with van der Waals surface area (Å²) in [5.41, 5.74) is 5.90. The Morgan fingerprint density at radius 1 is 0.810 bits per heavy atom. The Morgan fingerprint density at radius 3 is 2.38 bits per heavy atom. The van der Waals surface area contributed by atoms with Crippen LogP contribution in [0.2, 0.25) is 0 Å². The van der Waals surface area contributed by atoms with Crippen LogP contribution in [-0.2, 0) is 26.1 Å². The van der Waals surface area contributed by atoms with Crippen molar-refractivity contribution in [3.05, 3.63) is 137 Å². The fourth-order valence-corrected chi connectivity index (χ4v) is 6.17. The van der Waals surface area contributed by atoms with Crippen molar-refractivity contribution in [3.8, 4) is 11.4 Å². The maximum absolute atomic E-state index is 13.8.